The van der Waals surface area contributed by atoms with Gasteiger partial charge in [0.25, 0.3) is 5.43 Å². The highest BCUT2D eigenvalue weighted by Crippen LogP contribution is 2.08. The topological polar surface area (TPSA) is 23.3 Å². The Morgan fingerprint density at radius 2 is 1.83 bits per heavy atom. The zero-order valence-corrected chi connectivity index (χ0v) is 8.53. The molecule has 0 bridgehead atoms. The Morgan fingerprint density at radius 3 is 2.08 bits per heavy atom. The maximum Gasteiger partial charge on any atom is 0.269 e. The fourth-order valence-corrected chi connectivity index (χ4v) is 1.73. The third-order valence-electron chi connectivity index (χ3n) is 1.75. The summed E-state index contributed by atoms with van der Waals surface area (Å²) in [5, 5.41) is 0.647. The Labute approximate surface area is 77.1 Å². The van der Waals surface area contributed by atoms with Crippen LogP contribution in [-0.4, -0.2) is 28.2 Å². The van der Waals surface area contributed by atoms with Gasteiger partial charge in [-0.05, 0) is 0 Å². The molecule has 1 aromatic carbocycles. The average Bonchev–Trinajstić information content (AvgIpc) is 1.84. The van der Waals surface area contributed by atoms with E-state index in [-0.39, 0.29) is 5.43 Å². The van der Waals surface area contributed by atoms with Gasteiger partial charge in [-0.15, -0.1) is 0 Å². The lowest BCUT2D eigenvalue weighted by Crippen LogP contribution is -2.46. The minimum Gasteiger partial charge on any atom is -0.771 e. The SMILES string of the molecule is CN(C)c1c([S-])c(=[N+](C)C)c1=O. The molecule has 66 valence electrons. The van der Waals surface area contributed by atoms with E-state index in [0.717, 1.165) is 0 Å². The van der Waals surface area contributed by atoms with Crippen molar-refractivity contribution in [2.45, 2.75) is 4.90 Å². The largest absolute Gasteiger partial charge is 0.771 e. The smallest absolute Gasteiger partial charge is 0.269 e. The van der Waals surface area contributed by atoms with E-state index in [2.05, 4.69) is 0 Å². The Bertz CT molecular complexity index is 382. The van der Waals surface area contributed by atoms with Crippen LogP contribution >= 0.6 is 0 Å². The quantitative estimate of drug-likeness (QED) is 0.410. The van der Waals surface area contributed by atoms with Crippen LogP contribution in [0.15, 0.2) is 9.69 Å². The molecule has 0 N–H and O–H groups in total. The molecular weight excluding hydrogens is 172 g/mol. The molecule has 4 heteroatoms. The van der Waals surface area contributed by atoms with Crippen molar-refractivity contribution in [3.05, 3.63) is 15.6 Å². The third kappa shape index (κ3) is 1.12. The highest BCUT2D eigenvalue weighted by molar-refractivity contribution is 7.59. The van der Waals surface area contributed by atoms with Crippen molar-refractivity contribution in [3.8, 4) is 0 Å². The van der Waals surface area contributed by atoms with Crippen LogP contribution in [0.4, 0.5) is 5.69 Å². The molecule has 0 aliphatic carbocycles. The monoisotopic (exact) mass is 184 g/mol. The average molecular weight is 184 g/mol. The van der Waals surface area contributed by atoms with Crippen molar-refractivity contribution in [1.82, 2.24) is 4.58 Å². The Kier molecular flexibility index (Phi) is 2.19. The summed E-state index contributed by atoms with van der Waals surface area (Å²) in [5.74, 6) is 0. The summed E-state index contributed by atoms with van der Waals surface area (Å²) in [6, 6.07) is 0. The first kappa shape index (κ1) is 9.19. The molecule has 0 saturated carbocycles. The van der Waals surface area contributed by atoms with Crippen LogP contribution in [-0.2, 0) is 12.6 Å². The lowest BCUT2D eigenvalue weighted by Gasteiger charge is -2.21. The van der Waals surface area contributed by atoms with Crippen LogP contribution < -0.4 is 20.3 Å². The van der Waals surface area contributed by atoms with Gasteiger partial charge in [0.1, 0.15) is 14.1 Å². The zero-order valence-electron chi connectivity index (χ0n) is 7.71. The van der Waals surface area contributed by atoms with E-state index in [1.54, 1.807) is 9.48 Å². The molecule has 0 aliphatic rings. The second-order valence-corrected chi connectivity index (χ2v) is 3.55. The van der Waals surface area contributed by atoms with Gasteiger partial charge >= 0.3 is 0 Å². The Hall–Kier alpha value is -0.900. The van der Waals surface area contributed by atoms with E-state index in [1.807, 2.05) is 28.2 Å². The molecule has 0 spiro atoms. The van der Waals surface area contributed by atoms with Gasteiger partial charge in [-0.3, -0.25) is 4.79 Å². The maximum atomic E-state index is 11.4. The van der Waals surface area contributed by atoms with Crippen LogP contribution in [0.25, 0.3) is 0 Å². The van der Waals surface area contributed by atoms with E-state index < -0.39 is 0 Å². The molecule has 0 amide bonds. The third-order valence-corrected chi connectivity index (χ3v) is 2.14. The van der Waals surface area contributed by atoms with E-state index in [4.69, 9.17) is 12.6 Å². The summed E-state index contributed by atoms with van der Waals surface area (Å²) < 4.78 is 1.76. The molecule has 0 aromatic heterocycles. The summed E-state index contributed by atoms with van der Waals surface area (Å²) in [4.78, 5) is 13.8. The summed E-state index contributed by atoms with van der Waals surface area (Å²) in [5.41, 5.74) is 0.698. The van der Waals surface area contributed by atoms with Gasteiger partial charge in [-0.25, -0.2) is 4.58 Å². The van der Waals surface area contributed by atoms with Crippen molar-refractivity contribution < 1.29 is 0 Å². The summed E-state index contributed by atoms with van der Waals surface area (Å²) in [7, 11) is 7.30. The fraction of sp³-hybridized carbons (Fsp3) is 0.500. The van der Waals surface area contributed by atoms with Gasteiger partial charge in [0.15, 0.2) is 0 Å². The molecule has 1 aromatic rings. The molecule has 0 aliphatic heterocycles. The standard InChI is InChI=1S/C8H12N2OS/c1-9(2)5-7(11)6(8(5)12)10(3)4/h1-4H3. The highest BCUT2D eigenvalue weighted by atomic mass is 32.1. The van der Waals surface area contributed by atoms with Crippen molar-refractivity contribution in [2.75, 3.05) is 33.1 Å². The highest BCUT2D eigenvalue weighted by Gasteiger charge is 2.16. The lowest BCUT2D eigenvalue weighted by atomic mass is 10.2. The number of rotatable bonds is 1. The van der Waals surface area contributed by atoms with Gasteiger partial charge < -0.3 is 17.5 Å². The molecule has 0 heterocycles. The number of hydrogen-bond acceptors (Lipinski definition) is 3. The zero-order chi connectivity index (χ0) is 9.46. The number of hydrogen-bond donors (Lipinski definition) is 0. The first-order valence-corrected chi connectivity index (χ1v) is 4.05. The molecule has 3 nitrogen and oxygen atoms in total. The van der Waals surface area contributed by atoms with Gasteiger partial charge in [0.05, 0.1) is 5.69 Å². The van der Waals surface area contributed by atoms with Gasteiger partial charge in [-0.2, -0.15) is 0 Å². The van der Waals surface area contributed by atoms with Crippen LogP contribution in [0, 0.1) is 0 Å². The summed E-state index contributed by atoms with van der Waals surface area (Å²) >= 11 is 5.08. The van der Waals surface area contributed by atoms with E-state index in [9.17, 15) is 4.79 Å². The van der Waals surface area contributed by atoms with Crippen molar-refractivity contribution in [3.63, 3.8) is 0 Å². The van der Waals surface area contributed by atoms with Crippen LogP contribution in [0.5, 0.6) is 0 Å². The normalized spacial score (nSPS) is 10.3. The van der Waals surface area contributed by atoms with E-state index in [0.29, 0.717) is 15.9 Å². The Morgan fingerprint density at radius 1 is 1.33 bits per heavy atom. The van der Waals surface area contributed by atoms with Gasteiger partial charge in [0.2, 0.25) is 5.36 Å². The molecule has 0 unspecified atom stereocenters. The summed E-state index contributed by atoms with van der Waals surface area (Å²) in [6.45, 7) is 0. The number of anilines is 1. The molecule has 0 radical (unpaired) electrons. The molecule has 1 rings (SSSR count). The second kappa shape index (κ2) is 2.86. The predicted molar refractivity (Wildman–Crippen MR) is 52.2 cm³/mol. The molecular formula is C8H12N2OS. The van der Waals surface area contributed by atoms with E-state index in [1.165, 1.54) is 0 Å². The molecule has 0 saturated heterocycles. The van der Waals surface area contributed by atoms with Gasteiger partial charge in [0, 0.05) is 14.1 Å². The van der Waals surface area contributed by atoms with Crippen LogP contribution in [0.2, 0.25) is 0 Å². The van der Waals surface area contributed by atoms with E-state index >= 15 is 0 Å². The van der Waals surface area contributed by atoms with Crippen LogP contribution in [0.3, 0.4) is 0 Å². The maximum absolute atomic E-state index is 11.4. The van der Waals surface area contributed by atoms with Crippen molar-refractivity contribution in [1.29, 1.82) is 0 Å². The summed E-state index contributed by atoms with van der Waals surface area (Å²) in [6.07, 6.45) is 0. The fourth-order valence-electron chi connectivity index (χ4n) is 1.18. The number of nitrogens with zero attached hydrogens (tertiary/aromatic N) is 2. The predicted octanol–water partition coefficient (Wildman–Crippen LogP) is -1.07. The van der Waals surface area contributed by atoms with Crippen molar-refractivity contribution in [2.24, 2.45) is 0 Å². The van der Waals surface area contributed by atoms with Crippen LogP contribution in [0.1, 0.15) is 0 Å². The van der Waals surface area contributed by atoms with Crippen molar-refractivity contribution >= 4 is 18.3 Å². The minimum absolute atomic E-state index is 0.0509. The molecule has 12 heavy (non-hydrogen) atoms. The Balaban J connectivity index is 3.38. The second-order valence-electron chi connectivity index (χ2n) is 3.14. The molecule has 0 fully saturated rings. The first-order chi connectivity index (χ1) is 5.46. The lowest BCUT2D eigenvalue weighted by molar-refractivity contribution is 0.768. The van der Waals surface area contributed by atoms with Gasteiger partial charge in [-0.1, -0.05) is 4.90 Å². The minimum atomic E-state index is 0.0509. The molecule has 0 atom stereocenters. The first-order valence-electron chi connectivity index (χ1n) is 3.64.